The summed E-state index contributed by atoms with van der Waals surface area (Å²) in [7, 11) is -1.58. The number of aliphatic hydroxyl groups is 3. The van der Waals surface area contributed by atoms with Crippen LogP contribution >= 0.6 is 7.80 Å². The zero-order chi connectivity index (χ0) is 10.0. The van der Waals surface area contributed by atoms with E-state index in [1.54, 1.807) is 6.66 Å². The molecule has 1 rings (SSSR count). The second kappa shape index (κ2) is 4.53. The Labute approximate surface area is 77.1 Å². The van der Waals surface area contributed by atoms with Gasteiger partial charge in [-0.25, -0.2) is 0 Å². The van der Waals surface area contributed by atoms with Crippen molar-refractivity contribution < 1.29 is 24.6 Å². The summed E-state index contributed by atoms with van der Waals surface area (Å²) >= 11 is 0. The fourth-order valence-electron chi connectivity index (χ4n) is 1.31. The average molecular weight is 210 g/mol. The molecule has 1 aliphatic rings. The minimum Gasteiger partial charge on any atom is -0.387 e. The van der Waals surface area contributed by atoms with Gasteiger partial charge in [0, 0.05) is 6.16 Å². The predicted octanol–water partition coefficient (Wildman–Crippen LogP) is -0.995. The quantitative estimate of drug-likeness (QED) is 0.520. The van der Waals surface area contributed by atoms with Crippen LogP contribution in [0.5, 0.6) is 0 Å². The highest BCUT2D eigenvalue weighted by Crippen LogP contribution is 2.25. The van der Waals surface area contributed by atoms with Crippen LogP contribution in [0.3, 0.4) is 0 Å². The molecule has 1 heterocycles. The van der Waals surface area contributed by atoms with Crippen LogP contribution < -0.4 is 0 Å². The van der Waals surface area contributed by atoms with Crippen LogP contribution in [0.1, 0.15) is 6.42 Å². The van der Waals surface area contributed by atoms with Gasteiger partial charge in [-0.2, -0.15) is 0 Å². The summed E-state index contributed by atoms with van der Waals surface area (Å²) in [5.41, 5.74) is 0. The van der Waals surface area contributed by atoms with Crippen LogP contribution in [-0.4, -0.2) is 52.7 Å². The average Bonchev–Trinajstić information content (AvgIpc) is 2.29. The first-order valence-corrected chi connectivity index (χ1v) is 6.33. The van der Waals surface area contributed by atoms with E-state index in [1.807, 2.05) is 0 Å². The van der Waals surface area contributed by atoms with E-state index >= 15 is 0 Å². The topological polar surface area (TPSA) is 87.0 Å². The molecule has 0 aliphatic carbocycles. The molecule has 1 fully saturated rings. The van der Waals surface area contributed by atoms with Crippen LogP contribution in [0.25, 0.3) is 0 Å². The number of hydrogen-bond donors (Lipinski definition) is 3. The number of hydrogen-bond acceptors (Lipinski definition) is 5. The first kappa shape index (κ1) is 11.1. The molecule has 1 unspecified atom stereocenters. The maximum absolute atomic E-state index is 10.8. The van der Waals surface area contributed by atoms with E-state index < -0.39 is 32.4 Å². The Morgan fingerprint density at radius 2 is 1.92 bits per heavy atom. The van der Waals surface area contributed by atoms with Crippen molar-refractivity contribution in [1.29, 1.82) is 0 Å². The molecular formula is C7H15O5P. The van der Waals surface area contributed by atoms with E-state index in [9.17, 15) is 9.67 Å². The number of aliphatic hydroxyl groups excluding tert-OH is 3. The van der Waals surface area contributed by atoms with Gasteiger partial charge in [0.05, 0.1) is 13.9 Å². The van der Waals surface area contributed by atoms with Crippen LogP contribution in [0, 0.1) is 0 Å². The Balaban J connectivity index is 2.40. The van der Waals surface area contributed by atoms with Gasteiger partial charge in [-0.1, -0.05) is 0 Å². The maximum Gasteiger partial charge on any atom is 0.183 e. The summed E-state index contributed by atoms with van der Waals surface area (Å²) in [6, 6.07) is 0. The highest BCUT2D eigenvalue weighted by atomic mass is 31.1. The fourth-order valence-corrected chi connectivity index (χ4v) is 2.00. The molecule has 78 valence electrons. The van der Waals surface area contributed by atoms with Gasteiger partial charge in [-0.3, -0.25) is 0 Å². The van der Waals surface area contributed by atoms with Gasteiger partial charge in [0.15, 0.2) is 6.29 Å². The monoisotopic (exact) mass is 210 g/mol. The fraction of sp³-hybridized carbons (Fsp3) is 1.00. The van der Waals surface area contributed by atoms with Gasteiger partial charge in [0.1, 0.15) is 12.2 Å². The van der Waals surface area contributed by atoms with Crippen molar-refractivity contribution in [3.8, 4) is 0 Å². The SMILES string of the molecule is C[PH](=O)CC[C@H]1O[C@@H](O)[C@H](O)[C@@H]1O. The highest BCUT2D eigenvalue weighted by Gasteiger charge is 2.41. The normalized spacial score (nSPS) is 42.2. The van der Waals surface area contributed by atoms with Crippen LogP contribution in [0.15, 0.2) is 0 Å². The third-order valence-corrected chi connectivity index (χ3v) is 3.11. The zero-order valence-electron chi connectivity index (χ0n) is 7.38. The van der Waals surface area contributed by atoms with Crippen molar-refractivity contribution in [3.63, 3.8) is 0 Å². The summed E-state index contributed by atoms with van der Waals surface area (Å²) < 4.78 is 15.7. The molecule has 0 aromatic rings. The summed E-state index contributed by atoms with van der Waals surface area (Å²) in [5.74, 6) is 0. The van der Waals surface area contributed by atoms with Crippen molar-refractivity contribution in [2.75, 3.05) is 12.8 Å². The third kappa shape index (κ3) is 2.76. The Hall–Kier alpha value is 0.0700. The van der Waals surface area contributed by atoms with Gasteiger partial charge < -0.3 is 24.6 Å². The van der Waals surface area contributed by atoms with E-state index in [0.717, 1.165) is 0 Å². The van der Waals surface area contributed by atoms with E-state index in [-0.39, 0.29) is 0 Å². The lowest BCUT2D eigenvalue weighted by Gasteiger charge is -2.12. The maximum atomic E-state index is 10.8. The molecule has 0 radical (unpaired) electrons. The summed E-state index contributed by atoms with van der Waals surface area (Å²) in [6.07, 6.45) is -3.37. The number of rotatable bonds is 3. The van der Waals surface area contributed by atoms with Gasteiger partial charge in [-0.05, 0) is 13.1 Å². The lowest BCUT2D eigenvalue weighted by molar-refractivity contribution is -0.127. The highest BCUT2D eigenvalue weighted by molar-refractivity contribution is 7.43. The van der Waals surface area contributed by atoms with E-state index in [1.165, 1.54) is 0 Å². The van der Waals surface area contributed by atoms with Gasteiger partial charge in [0.2, 0.25) is 0 Å². The molecule has 5 atom stereocenters. The van der Waals surface area contributed by atoms with Crippen LogP contribution in [0.4, 0.5) is 0 Å². The first-order valence-electron chi connectivity index (χ1n) is 4.21. The zero-order valence-corrected chi connectivity index (χ0v) is 8.38. The standard InChI is InChI=1S/C7H15O5P/c1-13(11)3-2-4-5(8)6(9)7(10)12-4/h4-10,13H,2-3H2,1H3/t4-,5-,6-,7-/m1/s1. The van der Waals surface area contributed by atoms with E-state index in [2.05, 4.69) is 0 Å². The molecule has 0 amide bonds. The summed E-state index contributed by atoms with van der Waals surface area (Å²) in [6.45, 7) is 1.62. The molecule has 5 nitrogen and oxygen atoms in total. The largest absolute Gasteiger partial charge is 0.387 e. The second-order valence-corrected chi connectivity index (χ2v) is 5.19. The van der Waals surface area contributed by atoms with Crippen molar-refractivity contribution in [2.45, 2.75) is 31.0 Å². The molecule has 0 aromatic carbocycles. The summed E-state index contributed by atoms with van der Waals surface area (Å²) in [5, 5.41) is 27.4. The summed E-state index contributed by atoms with van der Waals surface area (Å²) in [4.78, 5) is 0. The molecular weight excluding hydrogens is 195 g/mol. The van der Waals surface area contributed by atoms with Crippen molar-refractivity contribution in [3.05, 3.63) is 0 Å². The Kier molecular flexibility index (Phi) is 3.88. The lowest BCUT2D eigenvalue weighted by Crippen LogP contribution is -2.32. The third-order valence-electron chi connectivity index (χ3n) is 2.12. The van der Waals surface area contributed by atoms with Crippen molar-refractivity contribution in [2.24, 2.45) is 0 Å². The molecule has 0 spiro atoms. The molecule has 13 heavy (non-hydrogen) atoms. The molecule has 3 N–H and O–H groups in total. The molecule has 0 aromatic heterocycles. The Morgan fingerprint density at radius 3 is 2.31 bits per heavy atom. The Bertz CT molecular complexity index is 197. The number of ether oxygens (including phenoxy) is 1. The van der Waals surface area contributed by atoms with E-state index in [0.29, 0.717) is 12.6 Å². The van der Waals surface area contributed by atoms with Crippen LogP contribution in [0.2, 0.25) is 0 Å². The molecule has 0 bridgehead atoms. The second-order valence-electron chi connectivity index (χ2n) is 3.29. The molecule has 6 heteroatoms. The van der Waals surface area contributed by atoms with Crippen LogP contribution in [-0.2, 0) is 9.30 Å². The van der Waals surface area contributed by atoms with E-state index in [4.69, 9.17) is 14.9 Å². The van der Waals surface area contributed by atoms with Crippen molar-refractivity contribution >= 4 is 7.80 Å². The molecule has 1 aliphatic heterocycles. The first-order chi connectivity index (χ1) is 6.02. The van der Waals surface area contributed by atoms with Gasteiger partial charge in [0.25, 0.3) is 0 Å². The van der Waals surface area contributed by atoms with Crippen molar-refractivity contribution in [1.82, 2.24) is 0 Å². The Morgan fingerprint density at radius 1 is 1.31 bits per heavy atom. The lowest BCUT2D eigenvalue weighted by atomic mass is 10.1. The minimum absolute atomic E-state index is 0.406. The minimum atomic E-state index is -1.58. The smallest absolute Gasteiger partial charge is 0.183 e. The molecule has 0 saturated carbocycles. The van der Waals surface area contributed by atoms with Gasteiger partial charge in [-0.15, -0.1) is 0 Å². The van der Waals surface area contributed by atoms with Gasteiger partial charge >= 0.3 is 0 Å². The molecule has 1 saturated heterocycles. The predicted molar refractivity (Wildman–Crippen MR) is 47.3 cm³/mol.